The fourth-order valence-electron chi connectivity index (χ4n) is 0.160. The molecule has 1 aliphatic rings. The van der Waals surface area contributed by atoms with Crippen LogP contribution in [0.3, 0.4) is 0 Å². The summed E-state index contributed by atoms with van der Waals surface area (Å²) in [6.45, 7) is 3.14. The maximum atomic E-state index is 5.31. The standard InChI is InChI=1S/C3H5ClO.C2H8N2.C2H7N/c1-2-3(4)5-2;3-1-2-4;1-3-2/h2-3H,1H3;1-4H2;3H,1-2H3. The van der Waals surface area contributed by atoms with Gasteiger partial charge in [0.15, 0.2) is 5.56 Å². The summed E-state index contributed by atoms with van der Waals surface area (Å²) in [4.78, 5) is 0. The fourth-order valence-corrected chi connectivity index (χ4v) is 0.322. The highest BCUT2D eigenvalue weighted by Gasteiger charge is 2.30. The first kappa shape index (κ1) is 14.6. The quantitative estimate of drug-likeness (QED) is 0.399. The van der Waals surface area contributed by atoms with Crippen LogP contribution < -0.4 is 16.8 Å². The summed E-state index contributed by atoms with van der Waals surface area (Å²) in [7, 11) is 3.75. The van der Waals surface area contributed by atoms with Crippen molar-refractivity contribution in [3.05, 3.63) is 0 Å². The Morgan fingerprint density at radius 1 is 1.33 bits per heavy atom. The van der Waals surface area contributed by atoms with Crippen LogP contribution in [-0.2, 0) is 4.74 Å². The molecule has 12 heavy (non-hydrogen) atoms. The molecule has 0 aromatic rings. The molecule has 0 bridgehead atoms. The number of alkyl halides is 1. The van der Waals surface area contributed by atoms with Gasteiger partial charge in [-0.25, -0.2) is 0 Å². The van der Waals surface area contributed by atoms with Crippen LogP contribution in [0.25, 0.3) is 0 Å². The predicted octanol–water partition coefficient (Wildman–Crippen LogP) is -0.291. The van der Waals surface area contributed by atoms with Crippen molar-refractivity contribution < 1.29 is 4.74 Å². The van der Waals surface area contributed by atoms with Gasteiger partial charge in [-0.15, -0.1) is 0 Å². The molecule has 5 heteroatoms. The second-order valence-electron chi connectivity index (χ2n) is 2.27. The van der Waals surface area contributed by atoms with Gasteiger partial charge >= 0.3 is 0 Å². The normalized spacial score (nSPS) is 24.5. The molecule has 1 saturated heterocycles. The molecule has 1 rings (SSSR count). The number of hydrogen-bond acceptors (Lipinski definition) is 4. The minimum atomic E-state index is 0.0231. The number of ether oxygens (including phenoxy) is 1. The third kappa shape index (κ3) is 16.6. The Morgan fingerprint density at radius 3 is 1.50 bits per heavy atom. The van der Waals surface area contributed by atoms with E-state index < -0.39 is 0 Å². The van der Waals surface area contributed by atoms with E-state index in [0.29, 0.717) is 19.2 Å². The van der Waals surface area contributed by atoms with Crippen LogP contribution >= 0.6 is 11.6 Å². The van der Waals surface area contributed by atoms with Gasteiger partial charge in [-0.2, -0.15) is 0 Å². The summed E-state index contributed by atoms with van der Waals surface area (Å²) in [5.41, 5.74) is 9.83. The zero-order valence-corrected chi connectivity index (χ0v) is 8.77. The van der Waals surface area contributed by atoms with Crippen molar-refractivity contribution in [3.8, 4) is 0 Å². The average molecular weight is 198 g/mol. The fraction of sp³-hybridized carbons (Fsp3) is 1.00. The molecular weight excluding hydrogens is 178 g/mol. The van der Waals surface area contributed by atoms with Gasteiger partial charge in [-0.3, -0.25) is 0 Å². The highest BCUT2D eigenvalue weighted by molar-refractivity contribution is 6.21. The number of nitrogens with two attached hydrogens (primary N) is 2. The van der Waals surface area contributed by atoms with Gasteiger partial charge in [-0.05, 0) is 21.0 Å². The summed E-state index contributed by atoms with van der Waals surface area (Å²) < 4.78 is 4.68. The largest absolute Gasteiger partial charge is 0.353 e. The van der Waals surface area contributed by atoms with E-state index >= 15 is 0 Å². The molecule has 4 nitrogen and oxygen atoms in total. The molecule has 0 aromatic carbocycles. The molecule has 0 aromatic heterocycles. The van der Waals surface area contributed by atoms with Crippen LogP contribution in [0.4, 0.5) is 0 Å². The summed E-state index contributed by atoms with van der Waals surface area (Å²) >= 11 is 5.31. The van der Waals surface area contributed by atoms with Crippen LogP contribution in [0.2, 0.25) is 0 Å². The highest BCUT2D eigenvalue weighted by Crippen LogP contribution is 2.23. The number of halogens is 1. The summed E-state index contributed by atoms with van der Waals surface area (Å²) in [5, 5.41) is 2.75. The first-order valence-electron chi connectivity index (χ1n) is 3.92. The van der Waals surface area contributed by atoms with Gasteiger partial charge in [-0.1, -0.05) is 11.6 Å². The number of rotatable bonds is 1. The predicted molar refractivity (Wildman–Crippen MR) is 53.3 cm³/mol. The first-order chi connectivity index (χ1) is 5.63. The maximum absolute atomic E-state index is 5.31. The molecule has 76 valence electrons. The number of nitrogens with one attached hydrogen (secondary N) is 1. The second kappa shape index (κ2) is 11.1. The zero-order chi connectivity index (χ0) is 9.98. The van der Waals surface area contributed by atoms with Crippen molar-refractivity contribution in [1.29, 1.82) is 0 Å². The van der Waals surface area contributed by atoms with Crippen LogP contribution in [0.5, 0.6) is 0 Å². The van der Waals surface area contributed by atoms with E-state index in [1.165, 1.54) is 0 Å². The van der Waals surface area contributed by atoms with Gasteiger partial charge in [0.2, 0.25) is 0 Å². The van der Waals surface area contributed by atoms with Crippen LogP contribution in [-0.4, -0.2) is 38.9 Å². The lowest BCUT2D eigenvalue weighted by molar-refractivity contribution is 0.411. The lowest BCUT2D eigenvalue weighted by atomic mass is 10.6. The van der Waals surface area contributed by atoms with E-state index in [9.17, 15) is 0 Å². The Kier molecular flexibility index (Phi) is 13.6. The topological polar surface area (TPSA) is 76.6 Å². The third-order valence-electron chi connectivity index (χ3n) is 0.804. The van der Waals surface area contributed by atoms with Crippen molar-refractivity contribution in [1.82, 2.24) is 5.32 Å². The molecular formula is C7H20ClN3O. The minimum Gasteiger partial charge on any atom is -0.353 e. The van der Waals surface area contributed by atoms with E-state index in [0.717, 1.165) is 0 Å². The van der Waals surface area contributed by atoms with Crippen LogP contribution in [0.1, 0.15) is 6.92 Å². The molecule has 0 aliphatic carbocycles. The first-order valence-corrected chi connectivity index (χ1v) is 4.35. The van der Waals surface area contributed by atoms with Crippen molar-refractivity contribution in [2.45, 2.75) is 18.6 Å². The SMILES string of the molecule is CC1OC1Cl.CNC.NCCN. The summed E-state index contributed by atoms with van der Waals surface area (Å²) in [6, 6.07) is 0. The zero-order valence-electron chi connectivity index (χ0n) is 8.01. The van der Waals surface area contributed by atoms with Gasteiger partial charge in [0.05, 0.1) is 6.10 Å². The second-order valence-corrected chi connectivity index (χ2v) is 2.70. The highest BCUT2D eigenvalue weighted by atomic mass is 35.5. The molecule has 1 aliphatic heterocycles. The molecule has 1 heterocycles. The van der Waals surface area contributed by atoms with Crippen LogP contribution in [0.15, 0.2) is 0 Å². The van der Waals surface area contributed by atoms with Gasteiger partial charge in [0.1, 0.15) is 0 Å². The maximum Gasteiger partial charge on any atom is 0.157 e. The Balaban J connectivity index is 0. The summed E-state index contributed by atoms with van der Waals surface area (Å²) in [5.74, 6) is 0. The molecule has 0 saturated carbocycles. The molecule has 0 amide bonds. The number of epoxide rings is 1. The third-order valence-corrected chi connectivity index (χ3v) is 1.26. The van der Waals surface area contributed by atoms with Crippen molar-refractivity contribution in [2.75, 3.05) is 27.2 Å². The van der Waals surface area contributed by atoms with Gasteiger partial charge in [0, 0.05) is 13.1 Å². The summed E-state index contributed by atoms with van der Waals surface area (Å²) in [6.07, 6.45) is 0.316. The van der Waals surface area contributed by atoms with Crippen molar-refractivity contribution in [2.24, 2.45) is 11.5 Å². The number of hydrogen-bond donors (Lipinski definition) is 3. The molecule has 2 atom stereocenters. The van der Waals surface area contributed by atoms with E-state index in [1.807, 2.05) is 21.0 Å². The Hall–Kier alpha value is 0.130. The Labute approximate surface area is 79.6 Å². The molecule has 2 unspecified atom stereocenters. The molecule has 1 fully saturated rings. The smallest absolute Gasteiger partial charge is 0.157 e. The lowest BCUT2D eigenvalue weighted by Gasteiger charge is -1.72. The van der Waals surface area contributed by atoms with E-state index in [4.69, 9.17) is 23.1 Å². The minimum absolute atomic E-state index is 0.0231. The van der Waals surface area contributed by atoms with Crippen molar-refractivity contribution >= 4 is 11.6 Å². The lowest BCUT2D eigenvalue weighted by Crippen LogP contribution is -2.11. The van der Waals surface area contributed by atoms with Gasteiger partial charge < -0.3 is 21.5 Å². The van der Waals surface area contributed by atoms with Gasteiger partial charge in [0.25, 0.3) is 0 Å². The van der Waals surface area contributed by atoms with E-state index in [2.05, 4.69) is 10.1 Å². The Morgan fingerprint density at radius 2 is 1.50 bits per heavy atom. The van der Waals surface area contributed by atoms with Crippen LogP contribution in [0, 0.1) is 0 Å². The Bertz CT molecular complexity index is 77.1. The molecule has 0 radical (unpaired) electrons. The monoisotopic (exact) mass is 197 g/mol. The van der Waals surface area contributed by atoms with E-state index in [1.54, 1.807) is 0 Å². The molecule has 5 N–H and O–H groups in total. The average Bonchev–Trinajstić information content (AvgIpc) is 2.67. The molecule has 0 spiro atoms. The van der Waals surface area contributed by atoms with E-state index in [-0.39, 0.29) is 5.56 Å². The van der Waals surface area contributed by atoms with Crippen molar-refractivity contribution in [3.63, 3.8) is 0 Å².